The number of hydrogen-bond acceptors (Lipinski definition) is 3. The standard InChI is InChI=1S/C14H21N3O/c1-10-3-2-4-13-16-12(8-14(18)17(10)13)7-11-5-6-15-9-11/h8,10-11,15H,2-7,9H2,1H3. The Morgan fingerprint density at radius 1 is 1.50 bits per heavy atom. The first kappa shape index (κ1) is 11.9. The van der Waals surface area contributed by atoms with Gasteiger partial charge in [0.15, 0.2) is 0 Å². The molecule has 0 radical (unpaired) electrons. The fraction of sp³-hybridized carbons (Fsp3) is 0.714. The monoisotopic (exact) mass is 247 g/mol. The second-order valence-corrected chi connectivity index (χ2v) is 5.68. The van der Waals surface area contributed by atoms with E-state index in [1.807, 2.05) is 4.57 Å². The average Bonchev–Trinajstić information content (AvgIpc) is 2.81. The SMILES string of the molecule is CC1CCCc2nc(CC3CCNC3)cc(=O)n21. The zero-order chi connectivity index (χ0) is 12.5. The van der Waals surface area contributed by atoms with Gasteiger partial charge in [0.1, 0.15) is 5.82 Å². The lowest BCUT2D eigenvalue weighted by Gasteiger charge is -2.24. The van der Waals surface area contributed by atoms with Crippen LogP contribution in [0, 0.1) is 5.92 Å². The summed E-state index contributed by atoms with van der Waals surface area (Å²) in [5, 5.41) is 3.37. The minimum Gasteiger partial charge on any atom is -0.316 e. The van der Waals surface area contributed by atoms with Crippen molar-refractivity contribution in [3.05, 3.63) is 27.9 Å². The van der Waals surface area contributed by atoms with Gasteiger partial charge in [-0.05, 0) is 51.6 Å². The Hall–Kier alpha value is -1.16. The van der Waals surface area contributed by atoms with Gasteiger partial charge in [0.2, 0.25) is 0 Å². The summed E-state index contributed by atoms with van der Waals surface area (Å²) >= 11 is 0. The topological polar surface area (TPSA) is 46.9 Å². The summed E-state index contributed by atoms with van der Waals surface area (Å²) < 4.78 is 1.89. The lowest BCUT2D eigenvalue weighted by Crippen LogP contribution is -2.31. The first-order chi connectivity index (χ1) is 8.74. The van der Waals surface area contributed by atoms with E-state index < -0.39 is 0 Å². The Labute approximate surface area is 107 Å². The van der Waals surface area contributed by atoms with Crippen molar-refractivity contribution in [3.8, 4) is 0 Å². The molecule has 2 aliphatic rings. The Balaban J connectivity index is 1.88. The molecular weight excluding hydrogens is 226 g/mol. The Morgan fingerprint density at radius 3 is 3.17 bits per heavy atom. The second kappa shape index (κ2) is 4.84. The maximum atomic E-state index is 12.2. The van der Waals surface area contributed by atoms with Crippen LogP contribution in [0.4, 0.5) is 0 Å². The van der Waals surface area contributed by atoms with Gasteiger partial charge >= 0.3 is 0 Å². The van der Waals surface area contributed by atoms with Crippen molar-refractivity contribution in [2.75, 3.05) is 13.1 Å². The van der Waals surface area contributed by atoms with Crippen LogP contribution in [0.5, 0.6) is 0 Å². The molecule has 98 valence electrons. The molecule has 1 aromatic rings. The molecule has 4 heteroatoms. The quantitative estimate of drug-likeness (QED) is 0.856. The van der Waals surface area contributed by atoms with Gasteiger partial charge in [-0.15, -0.1) is 0 Å². The summed E-state index contributed by atoms with van der Waals surface area (Å²) in [5.74, 6) is 1.66. The highest BCUT2D eigenvalue weighted by atomic mass is 16.1. The molecule has 0 aliphatic carbocycles. The molecule has 18 heavy (non-hydrogen) atoms. The zero-order valence-corrected chi connectivity index (χ0v) is 11.0. The summed E-state index contributed by atoms with van der Waals surface area (Å²) in [7, 11) is 0. The molecule has 3 rings (SSSR count). The molecule has 1 fully saturated rings. The molecule has 0 aromatic carbocycles. The van der Waals surface area contributed by atoms with Gasteiger partial charge in [-0.1, -0.05) is 0 Å². The molecule has 2 aliphatic heterocycles. The lowest BCUT2D eigenvalue weighted by atomic mass is 10.0. The minimum atomic E-state index is 0.146. The lowest BCUT2D eigenvalue weighted by molar-refractivity contribution is 0.401. The van der Waals surface area contributed by atoms with E-state index in [4.69, 9.17) is 4.98 Å². The normalized spacial score (nSPS) is 27.2. The van der Waals surface area contributed by atoms with Crippen molar-refractivity contribution < 1.29 is 0 Å². The van der Waals surface area contributed by atoms with Crippen LogP contribution in [0.2, 0.25) is 0 Å². The number of aromatic nitrogens is 2. The molecule has 1 aromatic heterocycles. The largest absolute Gasteiger partial charge is 0.316 e. The molecule has 3 heterocycles. The van der Waals surface area contributed by atoms with Crippen molar-refractivity contribution in [2.45, 2.75) is 45.1 Å². The average molecular weight is 247 g/mol. The number of hydrogen-bond donors (Lipinski definition) is 1. The van der Waals surface area contributed by atoms with E-state index >= 15 is 0 Å². The maximum absolute atomic E-state index is 12.2. The number of nitrogens with zero attached hydrogens (tertiary/aromatic N) is 2. The highest BCUT2D eigenvalue weighted by Gasteiger charge is 2.21. The van der Waals surface area contributed by atoms with E-state index in [2.05, 4.69) is 12.2 Å². The summed E-state index contributed by atoms with van der Waals surface area (Å²) in [6, 6.07) is 2.07. The molecule has 0 bridgehead atoms. The highest BCUT2D eigenvalue weighted by molar-refractivity contribution is 5.09. The second-order valence-electron chi connectivity index (χ2n) is 5.68. The van der Waals surface area contributed by atoms with Crippen molar-refractivity contribution in [1.82, 2.24) is 14.9 Å². The smallest absolute Gasteiger partial charge is 0.253 e. The van der Waals surface area contributed by atoms with Crippen LogP contribution >= 0.6 is 0 Å². The van der Waals surface area contributed by atoms with Gasteiger partial charge in [-0.3, -0.25) is 9.36 Å². The predicted octanol–water partition coefficient (Wildman–Crippen LogP) is 1.29. The maximum Gasteiger partial charge on any atom is 0.253 e. The van der Waals surface area contributed by atoms with Crippen molar-refractivity contribution >= 4 is 0 Å². The van der Waals surface area contributed by atoms with Gasteiger partial charge in [0.25, 0.3) is 5.56 Å². The molecule has 4 nitrogen and oxygen atoms in total. The summed E-state index contributed by atoms with van der Waals surface area (Å²) in [5.41, 5.74) is 1.14. The molecule has 0 saturated carbocycles. The molecular formula is C14H21N3O. The molecule has 2 unspecified atom stereocenters. The van der Waals surface area contributed by atoms with Crippen LogP contribution in [-0.4, -0.2) is 22.6 Å². The third-order valence-corrected chi connectivity index (χ3v) is 4.20. The van der Waals surface area contributed by atoms with E-state index in [-0.39, 0.29) is 5.56 Å². The molecule has 0 amide bonds. The van der Waals surface area contributed by atoms with Crippen LogP contribution in [0.3, 0.4) is 0 Å². The van der Waals surface area contributed by atoms with Crippen molar-refractivity contribution in [3.63, 3.8) is 0 Å². The van der Waals surface area contributed by atoms with Gasteiger partial charge in [-0.25, -0.2) is 4.98 Å². The number of aryl methyl sites for hydroxylation is 1. The molecule has 1 N–H and O–H groups in total. The first-order valence-corrected chi connectivity index (χ1v) is 7.06. The van der Waals surface area contributed by atoms with Gasteiger partial charge < -0.3 is 5.32 Å². The summed E-state index contributed by atoms with van der Waals surface area (Å²) in [6.07, 6.45) is 5.36. The highest BCUT2D eigenvalue weighted by Crippen LogP contribution is 2.21. The predicted molar refractivity (Wildman–Crippen MR) is 70.8 cm³/mol. The third-order valence-electron chi connectivity index (χ3n) is 4.20. The summed E-state index contributed by atoms with van der Waals surface area (Å²) in [6.45, 7) is 4.29. The van der Waals surface area contributed by atoms with E-state index in [1.54, 1.807) is 6.07 Å². The molecule has 2 atom stereocenters. The zero-order valence-electron chi connectivity index (χ0n) is 11.0. The Bertz CT molecular complexity index is 488. The molecule has 1 saturated heterocycles. The molecule has 0 spiro atoms. The number of nitrogens with one attached hydrogen (secondary N) is 1. The van der Waals surface area contributed by atoms with Gasteiger partial charge in [-0.2, -0.15) is 0 Å². The van der Waals surface area contributed by atoms with Crippen LogP contribution in [-0.2, 0) is 12.8 Å². The fourth-order valence-corrected chi connectivity index (χ4v) is 3.21. The van der Waals surface area contributed by atoms with Crippen LogP contribution in [0.1, 0.15) is 43.7 Å². The Morgan fingerprint density at radius 2 is 2.39 bits per heavy atom. The van der Waals surface area contributed by atoms with Crippen molar-refractivity contribution in [2.24, 2.45) is 5.92 Å². The fourth-order valence-electron chi connectivity index (χ4n) is 3.21. The van der Waals surface area contributed by atoms with Crippen molar-refractivity contribution in [1.29, 1.82) is 0 Å². The van der Waals surface area contributed by atoms with Crippen LogP contribution in [0.15, 0.2) is 10.9 Å². The summed E-state index contributed by atoms with van der Waals surface area (Å²) in [4.78, 5) is 16.9. The van der Waals surface area contributed by atoms with Crippen LogP contribution < -0.4 is 10.9 Å². The van der Waals surface area contributed by atoms with E-state index in [1.165, 1.54) is 6.42 Å². The van der Waals surface area contributed by atoms with E-state index in [0.717, 1.165) is 50.3 Å². The number of fused-ring (bicyclic) bond motifs is 1. The first-order valence-electron chi connectivity index (χ1n) is 7.06. The minimum absolute atomic E-state index is 0.146. The van der Waals surface area contributed by atoms with E-state index in [0.29, 0.717) is 12.0 Å². The van der Waals surface area contributed by atoms with Gasteiger partial charge in [0.05, 0.1) is 0 Å². The Kier molecular flexibility index (Phi) is 3.20. The van der Waals surface area contributed by atoms with Gasteiger partial charge in [0, 0.05) is 24.2 Å². The number of rotatable bonds is 2. The van der Waals surface area contributed by atoms with E-state index in [9.17, 15) is 4.79 Å². The van der Waals surface area contributed by atoms with Crippen LogP contribution in [0.25, 0.3) is 0 Å². The third kappa shape index (κ3) is 2.21.